The highest BCUT2D eigenvalue weighted by molar-refractivity contribution is 8.00. The number of aliphatic carboxylic acids is 1. The lowest BCUT2D eigenvalue weighted by atomic mass is 9.99. The predicted octanol–water partition coefficient (Wildman–Crippen LogP) is 1.97. The molecule has 6 heteroatoms. The van der Waals surface area contributed by atoms with Gasteiger partial charge in [-0.3, -0.25) is 9.59 Å². The van der Waals surface area contributed by atoms with Crippen molar-refractivity contribution in [2.75, 3.05) is 26.0 Å². The van der Waals surface area contributed by atoms with Crippen LogP contribution in [0, 0.1) is 11.8 Å². The molecular weight excluding hydrogens is 290 g/mol. The average Bonchev–Trinajstić information content (AvgIpc) is 2.87. The van der Waals surface area contributed by atoms with Gasteiger partial charge in [0.15, 0.2) is 0 Å². The summed E-state index contributed by atoms with van der Waals surface area (Å²) in [7, 11) is 1.60. The van der Waals surface area contributed by atoms with Crippen LogP contribution in [0.15, 0.2) is 29.2 Å². The maximum atomic E-state index is 12.2. The summed E-state index contributed by atoms with van der Waals surface area (Å²) in [6.45, 7) is 2.71. The van der Waals surface area contributed by atoms with Crippen molar-refractivity contribution in [3.8, 4) is 5.75 Å². The van der Waals surface area contributed by atoms with Crippen LogP contribution >= 0.6 is 11.8 Å². The Balaban J connectivity index is 1.89. The zero-order valence-electron chi connectivity index (χ0n) is 12.1. The zero-order valence-corrected chi connectivity index (χ0v) is 12.9. The van der Waals surface area contributed by atoms with Crippen LogP contribution in [0.3, 0.4) is 0 Å². The minimum Gasteiger partial charge on any atom is -0.497 e. The first kappa shape index (κ1) is 15.7. The van der Waals surface area contributed by atoms with E-state index in [9.17, 15) is 9.59 Å². The standard InChI is InChI=1S/C15H19NO4S/c1-10-7-16(8-13(10)15(18)19)14(17)9-21-12-5-3-4-11(6-12)20-2/h3-6,10,13H,7-9H2,1-2H3,(H,18,19)/t10-,13-/m1/s1. The molecule has 1 fully saturated rings. The minimum absolute atomic E-state index is 0.00766. The van der Waals surface area contributed by atoms with Gasteiger partial charge in [0, 0.05) is 18.0 Å². The van der Waals surface area contributed by atoms with Crippen molar-refractivity contribution in [3.05, 3.63) is 24.3 Å². The van der Waals surface area contributed by atoms with Crippen molar-refractivity contribution >= 4 is 23.6 Å². The highest BCUT2D eigenvalue weighted by Crippen LogP contribution is 2.26. The van der Waals surface area contributed by atoms with E-state index in [1.165, 1.54) is 11.8 Å². The van der Waals surface area contributed by atoms with E-state index in [1.54, 1.807) is 12.0 Å². The van der Waals surface area contributed by atoms with Crippen LogP contribution in [-0.4, -0.2) is 47.8 Å². The molecule has 2 atom stereocenters. The van der Waals surface area contributed by atoms with Gasteiger partial charge in [-0.25, -0.2) is 0 Å². The first-order chi connectivity index (χ1) is 10.0. The van der Waals surface area contributed by atoms with E-state index in [0.717, 1.165) is 10.6 Å². The Hall–Kier alpha value is -1.69. The Labute approximate surface area is 128 Å². The van der Waals surface area contributed by atoms with Crippen LogP contribution in [0.4, 0.5) is 0 Å². The molecule has 0 aromatic heterocycles. The summed E-state index contributed by atoms with van der Waals surface area (Å²) >= 11 is 1.44. The van der Waals surface area contributed by atoms with Crippen LogP contribution in [0.5, 0.6) is 5.75 Å². The number of hydrogen-bond donors (Lipinski definition) is 1. The Morgan fingerprint density at radius 1 is 1.43 bits per heavy atom. The molecule has 114 valence electrons. The molecule has 1 aromatic carbocycles. The molecule has 0 aliphatic carbocycles. The van der Waals surface area contributed by atoms with Gasteiger partial charge in [0.2, 0.25) is 5.91 Å². The van der Waals surface area contributed by atoms with E-state index < -0.39 is 11.9 Å². The Bertz CT molecular complexity index is 534. The largest absolute Gasteiger partial charge is 0.497 e. The normalized spacial score (nSPS) is 21.3. The van der Waals surface area contributed by atoms with Crippen molar-refractivity contribution in [2.24, 2.45) is 11.8 Å². The van der Waals surface area contributed by atoms with Gasteiger partial charge in [0.05, 0.1) is 18.8 Å². The SMILES string of the molecule is COc1cccc(SCC(=O)N2C[C@@H](C)[C@H](C(=O)O)C2)c1. The van der Waals surface area contributed by atoms with E-state index in [2.05, 4.69) is 0 Å². The van der Waals surface area contributed by atoms with Gasteiger partial charge < -0.3 is 14.7 Å². The second-order valence-corrected chi connectivity index (χ2v) is 6.24. The maximum absolute atomic E-state index is 12.2. The molecule has 1 heterocycles. The Morgan fingerprint density at radius 3 is 2.81 bits per heavy atom. The highest BCUT2D eigenvalue weighted by Gasteiger charge is 2.36. The summed E-state index contributed by atoms with van der Waals surface area (Å²) in [6, 6.07) is 7.53. The number of likely N-dealkylation sites (tertiary alicyclic amines) is 1. The quantitative estimate of drug-likeness (QED) is 0.842. The highest BCUT2D eigenvalue weighted by atomic mass is 32.2. The van der Waals surface area contributed by atoms with Crippen LogP contribution in [0.2, 0.25) is 0 Å². The number of carboxylic acids is 1. The number of carbonyl (C=O) groups is 2. The summed E-state index contributed by atoms with van der Waals surface area (Å²) in [4.78, 5) is 25.9. The summed E-state index contributed by atoms with van der Waals surface area (Å²) in [6.07, 6.45) is 0. The van der Waals surface area contributed by atoms with E-state index in [4.69, 9.17) is 9.84 Å². The van der Waals surface area contributed by atoms with Gasteiger partial charge in [0.1, 0.15) is 5.75 Å². The number of nitrogens with zero attached hydrogens (tertiary/aromatic N) is 1. The number of methoxy groups -OCH3 is 1. The molecule has 1 saturated heterocycles. The van der Waals surface area contributed by atoms with Gasteiger partial charge in [-0.05, 0) is 24.1 Å². The van der Waals surface area contributed by atoms with Gasteiger partial charge in [0.25, 0.3) is 0 Å². The summed E-state index contributed by atoms with van der Waals surface area (Å²) in [5, 5.41) is 9.09. The lowest BCUT2D eigenvalue weighted by Gasteiger charge is -2.15. The molecule has 1 aliphatic heterocycles. The van der Waals surface area contributed by atoms with E-state index in [-0.39, 0.29) is 11.8 Å². The first-order valence-electron chi connectivity index (χ1n) is 6.78. The molecule has 0 unspecified atom stereocenters. The summed E-state index contributed by atoms with van der Waals surface area (Å²) in [5.74, 6) is -0.208. The molecule has 0 radical (unpaired) electrons. The van der Waals surface area contributed by atoms with Crippen molar-refractivity contribution in [3.63, 3.8) is 0 Å². The second kappa shape index (κ2) is 6.85. The molecular formula is C15H19NO4S. The number of carboxylic acid groups (broad SMARTS) is 1. The molecule has 21 heavy (non-hydrogen) atoms. The van der Waals surface area contributed by atoms with Crippen molar-refractivity contribution < 1.29 is 19.4 Å². The monoisotopic (exact) mass is 309 g/mol. The number of hydrogen-bond acceptors (Lipinski definition) is 4. The fourth-order valence-electron chi connectivity index (χ4n) is 2.42. The molecule has 1 amide bonds. The fourth-order valence-corrected chi connectivity index (χ4v) is 3.27. The van der Waals surface area contributed by atoms with Crippen molar-refractivity contribution in [1.29, 1.82) is 0 Å². The molecule has 2 rings (SSSR count). The smallest absolute Gasteiger partial charge is 0.308 e. The zero-order chi connectivity index (χ0) is 15.4. The number of ether oxygens (including phenoxy) is 1. The number of amides is 1. The van der Waals surface area contributed by atoms with E-state index >= 15 is 0 Å². The second-order valence-electron chi connectivity index (χ2n) is 5.19. The lowest BCUT2D eigenvalue weighted by molar-refractivity contribution is -0.142. The third-order valence-electron chi connectivity index (χ3n) is 3.69. The van der Waals surface area contributed by atoms with E-state index in [1.807, 2.05) is 31.2 Å². The minimum atomic E-state index is -0.821. The molecule has 1 aromatic rings. The van der Waals surface area contributed by atoms with Crippen LogP contribution in [0.1, 0.15) is 6.92 Å². The summed E-state index contributed by atoms with van der Waals surface area (Å²) in [5.41, 5.74) is 0. The van der Waals surface area contributed by atoms with Gasteiger partial charge >= 0.3 is 5.97 Å². The van der Waals surface area contributed by atoms with Crippen LogP contribution in [-0.2, 0) is 9.59 Å². The van der Waals surface area contributed by atoms with Gasteiger partial charge in [-0.1, -0.05) is 13.0 Å². The number of benzene rings is 1. The van der Waals surface area contributed by atoms with Crippen molar-refractivity contribution in [1.82, 2.24) is 4.90 Å². The average molecular weight is 309 g/mol. The Kier molecular flexibility index (Phi) is 5.12. The van der Waals surface area contributed by atoms with Crippen LogP contribution in [0.25, 0.3) is 0 Å². The fraction of sp³-hybridized carbons (Fsp3) is 0.467. The van der Waals surface area contributed by atoms with Crippen LogP contribution < -0.4 is 4.74 Å². The number of carbonyl (C=O) groups excluding carboxylic acids is 1. The first-order valence-corrected chi connectivity index (χ1v) is 7.77. The molecule has 0 spiro atoms. The molecule has 1 N–H and O–H groups in total. The number of rotatable bonds is 5. The molecule has 1 aliphatic rings. The third kappa shape index (κ3) is 3.91. The summed E-state index contributed by atoms with van der Waals surface area (Å²) < 4.78 is 5.14. The van der Waals surface area contributed by atoms with E-state index in [0.29, 0.717) is 18.8 Å². The van der Waals surface area contributed by atoms with Gasteiger partial charge in [-0.2, -0.15) is 0 Å². The molecule has 5 nitrogen and oxygen atoms in total. The maximum Gasteiger partial charge on any atom is 0.308 e. The number of thioether (sulfide) groups is 1. The van der Waals surface area contributed by atoms with Gasteiger partial charge in [-0.15, -0.1) is 11.8 Å². The van der Waals surface area contributed by atoms with Crippen molar-refractivity contribution in [2.45, 2.75) is 11.8 Å². The topological polar surface area (TPSA) is 66.8 Å². The Morgan fingerprint density at radius 2 is 2.19 bits per heavy atom. The predicted molar refractivity (Wildman–Crippen MR) is 80.6 cm³/mol. The molecule has 0 saturated carbocycles. The molecule has 0 bridgehead atoms. The lowest BCUT2D eigenvalue weighted by Crippen LogP contribution is -2.31. The third-order valence-corrected chi connectivity index (χ3v) is 4.66.